The number of hydrogen-bond acceptors (Lipinski definition) is 4. The van der Waals surface area contributed by atoms with Crippen LogP contribution in [0.3, 0.4) is 0 Å². The molecule has 3 nitrogen and oxygen atoms in total. The summed E-state index contributed by atoms with van der Waals surface area (Å²) in [6, 6.07) is 6.52. The molecule has 4 heteroatoms. The number of nitrogens with one attached hydrogen (secondary N) is 1. The van der Waals surface area contributed by atoms with Gasteiger partial charge >= 0.3 is 0 Å². The second kappa shape index (κ2) is 9.23. The smallest absolute Gasteiger partial charge is 0.124 e. The molecule has 0 aliphatic heterocycles. The first kappa shape index (κ1) is 16.3. The highest BCUT2D eigenvalue weighted by molar-refractivity contribution is 7.99. The predicted molar refractivity (Wildman–Crippen MR) is 82.3 cm³/mol. The predicted octanol–water partition coefficient (Wildman–Crippen LogP) is 3.49. The van der Waals surface area contributed by atoms with Crippen LogP contribution in [-0.4, -0.2) is 33.1 Å². The Morgan fingerprint density at radius 2 is 2.11 bits per heavy atom. The van der Waals surface area contributed by atoms with Gasteiger partial charge in [0.15, 0.2) is 0 Å². The van der Waals surface area contributed by atoms with Crippen LogP contribution < -0.4 is 10.1 Å². The maximum Gasteiger partial charge on any atom is 0.124 e. The van der Waals surface area contributed by atoms with Crippen molar-refractivity contribution < 1.29 is 9.47 Å². The normalized spacial score (nSPS) is 12.4. The highest BCUT2D eigenvalue weighted by Crippen LogP contribution is 2.34. The van der Waals surface area contributed by atoms with Crippen molar-refractivity contribution in [3.63, 3.8) is 0 Å². The van der Waals surface area contributed by atoms with Gasteiger partial charge in [-0.1, -0.05) is 13.0 Å². The molecule has 0 fully saturated rings. The molecular formula is C15H25NO2S. The third-order valence-electron chi connectivity index (χ3n) is 2.92. The van der Waals surface area contributed by atoms with Crippen LogP contribution in [0.25, 0.3) is 0 Å². The fourth-order valence-electron chi connectivity index (χ4n) is 1.95. The lowest BCUT2D eigenvalue weighted by molar-refractivity contribution is 0.218. The van der Waals surface area contributed by atoms with Gasteiger partial charge in [-0.15, -0.1) is 11.8 Å². The highest BCUT2D eigenvalue weighted by Gasteiger charge is 2.15. The van der Waals surface area contributed by atoms with E-state index in [9.17, 15) is 0 Å². The van der Waals surface area contributed by atoms with E-state index in [4.69, 9.17) is 9.47 Å². The van der Waals surface area contributed by atoms with Gasteiger partial charge in [-0.3, -0.25) is 0 Å². The van der Waals surface area contributed by atoms with E-state index in [1.54, 1.807) is 14.2 Å². The fourth-order valence-corrected chi connectivity index (χ4v) is 3.03. The Bertz CT molecular complexity index is 371. The zero-order chi connectivity index (χ0) is 14.1. The number of thioether (sulfide) groups is 1. The molecule has 1 unspecified atom stereocenters. The van der Waals surface area contributed by atoms with Gasteiger partial charge in [-0.25, -0.2) is 0 Å². The first-order valence-corrected chi connectivity index (χ1v) is 7.75. The second-order valence-electron chi connectivity index (χ2n) is 4.39. The third-order valence-corrected chi connectivity index (χ3v) is 3.96. The van der Waals surface area contributed by atoms with Gasteiger partial charge in [0.25, 0.3) is 0 Å². The van der Waals surface area contributed by atoms with Crippen LogP contribution in [0.1, 0.15) is 31.9 Å². The zero-order valence-corrected chi connectivity index (χ0v) is 13.2. The molecule has 0 aliphatic carbocycles. The van der Waals surface area contributed by atoms with Crippen LogP contribution in [0, 0.1) is 0 Å². The Kier molecular flexibility index (Phi) is 7.94. The molecule has 1 rings (SSSR count). The zero-order valence-electron chi connectivity index (χ0n) is 12.4. The first-order chi connectivity index (χ1) is 9.24. The van der Waals surface area contributed by atoms with E-state index in [1.165, 1.54) is 10.5 Å². The minimum absolute atomic E-state index is 0.293. The molecule has 1 aromatic carbocycles. The average Bonchev–Trinajstić information content (AvgIpc) is 2.44. The molecular weight excluding hydrogens is 258 g/mol. The van der Waals surface area contributed by atoms with Crippen molar-refractivity contribution in [2.75, 3.05) is 33.1 Å². The molecule has 0 aromatic heterocycles. The molecule has 0 saturated heterocycles. The average molecular weight is 283 g/mol. The SMILES string of the molecule is CCCNC(C)c1c(OC)cccc1SCCOC. The Labute approximate surface area is 121 Å². The minimum atomic E-state index is 0.293. The summed E-state index contributed by atoms with van der Waals surface area (Å²) in [5, 5.41) is 3.53. The minimum Gasteiger partial charge on any atom is -0.496 e. The molecule has 0 aliphatic rings. The summed E-state index contributed by atoms with van der Waals surface area (Å²) >= 11 is 1.82. The number of rotatable bonds is 9. The summed E-state index contributed by atoms with van der Waals surface area (Å²) in [6.07, 6.45) is 1.13. The molecule has 0 saturated carbocycles. The van der Waals surface area contributed by atoms with Crippen LogP contribution in [0.2, 0.25) is 0 Å². The highest BCUT2D eigenvalue weighted by atomic mass is 32.2. The van der Waals surface area contributed by atoms with E-state index in [1.807, 2.05) is 23.9 Å². The Balaban J connectivity index is 2.88. The van der Waals surface area contributed by atoms with Crippen molar-refractivity contribution in [1.82, 2.24) is 5.32 Å². The van der Waals surface area contributed by atoms with E-state index >= 15 is 0 Å². The molecule has 1 aromatic rings. The lowest BCUT2D eigenvalue weighted by atomic mass is 10.1. The van der Waals surface area contributed by atoms with Gasteiger partial charge < -0.3 is 14.8 Å². The Morgan fingerprint density at radius 1 is 1.32 bits per heavy atom. The number of benzene rings is 1. The monoisotopic (exact) mass is 283 g/mol. The molecule has 0 radical (unpaired) electrons. The van der Waals surface area contributed by atoms with E-state index in [0.29, 0.717) is 6.04 Å². The summed E-state index contributed by atoms with van der Waals surface area (Å²) in [6.45, 7) is 6.14. The fraction of sp³-hybridized carbons (Fsp3) is 0.600. The lowest BCUT2D eigenvalue weighted by Gasteiger charge is -2.20. The van der Waals surface area contributed by atoms with Crippen molar-refractivity contribution in [3.05, 3.63) is 23.8 Å². The van der Waals surface area contributed by atoms with Crippen LogP contribution in [0.4, 0.5) is 0 Å². The van der Waals surface area contributed by atoms with Gasteiger partial charge in [0.1, 0.15) is 5.75 Å². The molecule has 1 N–H and O–H groups in total. The van der Waals surface area contributed by atoms with Crippen molar-refractivity contribution in [3.8, 4) is 5.75 Å². The summed E-state index contributed by atoms with van der Waals surface area (Å²) in [7, 11) is 3.47. The van der Waals surface area contributed by atoms with Crippen molar-refractivity contribution in [1.29, 1.82) is 0 Å². The van der Waals surface area contributed by atoms with Crippen LogP contribution in [0.5, 0.6) is 5.75 Å². The molecule has 108 valence electrons. The summed E-state index contributed by atoms with van der Waals surface area (Å²) in [5.41, 5.74) is 1.25. The maximum absolute atomic E-state index is 5.51. The van der Waals surface area contributed by atoms with E-state index < -0.39 is 0 Å². The van der Waals surface area contributed by atoms with Gasteiger partial charge in [-0.2, -0.15) is 0 Å². The third kappa shape index (κ3) is 5.05. The summed E-state index contributed by atoms with van der Waals surface area (Å²) in [4.78, 5) is 1.27. The molecule has 0 spiro atoms. The number of hydrogen-bond donors (Lipinski definition) is 1. The van der Waals surface area contributed by atoms with Crippen LogP contribution in [-0.2, 0) is 4.74 Å². The molecule has 0 bridgehead atoms. The molecule has 0 amide bonds. The quantitative estimate of drug-likeness (QED) is 0.555. The van der Waals surface area contributed by atoms with Gasteiger partial charge in [0, 0.05) is 29.4 Å². The van der Waals surface area contributed by atoms with Crippen molar-refractivity contribution >= 4 is 11.8 Å². The first-order valence-electron chi connectivity index (χ1n) is 6.76. The van der Waals surface area contributed by atoms with Gasteiger partial charge in [0.2, 0.25) is 0 Å². The Morgan fingerprint density at radius 3 is 2.74 bits per heavy atom. The summed E-state index contributed by atoms with van der Waals surface area (Å²) < 4.78 is 10.6. The van der Waals surface area contributed by atoms with Gasteiger partial charge in [0.05, 0.1) is 13.7 Å². The molecule has 19 heavy (non-hydrogen) atoms. The maximum atomic E-state index is 5.51. The largest absolute Gasteiger partial charge is 0.496 e. The molecule has 1 atom stereocenters. The van der Waals surface area contributed by atoms with E-state index in [-0.39, 0.29) is 0 Å². The van der Waals surface area contributed by atoms with E-state index in [0.717, 1.165) is 31.1 Å². The number of ether oxygens (including phenoxy) is 2. The lowest BCUT2D eigenvalue weighted by Crippen LogP contribution is -2.20. The van der Waals surface area contributed by atoms with E-state index in [2.05, 4.69) is 25.2 Å². The van der Waals surface area contributed by atoms with Crippen LogP contribution in [0.15, 0.2) is 23.1 Å². The van der Waals surface area contributed by atoms with Crippen molar-refractivity contribution in [2.24, 2.45) is 0 Å². The number of methoxy groups -OCH3 is 2. The summed E-state index contributed by atoms with van der Waals surface area (Å²) in [5.74, 6) is 1.91. The molecule has 0 heterocycles. The second-order valence-corrected chi connectivity index (χ2v) is 5.53. The van der Waals surface area contributed by atoms with Crippen LogP contribution >= 0.6 is 11.8 Å². The van der Waals surface area contributed by atoms with Crippen molar-refractivity contribution in [2.45, 2.75) is 31.2 Å². The Hall–Kier alpha value is -0.710. The topological polar surface area (TPSA) is 30.5 Å². The van der Waals surface area contributed by atoms with Gasteiger partial charge in [-0.05, 0) is 32.0 Å². The standard InChI is InChI=1S/C15H25NO2S/c1-5-9-16-12(2)15-13(18-4)7-6-8-14(15)19-11-10-17-3/h6-8,12,16H,5,9-11H2,1-4H3.